The fourth-order valence-corrected chi connectivity index (χ4v) is 1.64. The molecule has 90 valence electrons. The minimum absolute atomic E-state index is 0.188. The van der Waals surface area contributed by atoms with E-state index in [2.05, 4.69) is 11.8 Å². The van der Waals surface area contributed by atoms with Crippen molar-refractivity contribution in [3.8, 4) is 11.8 Å². The molecule has 0 radical (unpaired) electrons. The summed E-state index contributed by atoms with van der Waals surface area (Å²) < 4.78 is 13.6. The van der Waals surface area contributed by atoms with Crippen LogP contribution in [0.25, 0.3) is 0 Å². The Labute approximate surface area is 106 Å². The number of halogens is 1. The lowest BCUT2D eigenvalue weighted by Crippen LogP contribution is -2.20. The Balaban J connectivity index is 2.34. The van der Waals surface area contributed by atoms with Crippen LogP contribution in [0.4, 0.5) is 4.39 Å². The van der Waals surface area contributed by atoms with Crippen LogP contribution in [0.15, 0.2) is 54.6 Å². The van der Waals surface area contributed by atoms with E-state index in [4.69, 9.17) is 0 Å². The molecule has 0 bridgehead atoms. The van der Waals surface area contributed by atoms with E-state index < -0.39 is 11.4 Å². The molecule has 2 heteroatoms. The van der Waals surface area contributed by atoms with Crippen LogP contribution >= 0.6 is 0 Å². The molecule has 1 atom stereocenters. The van der Waals surface area contributed by atoms with Crippen molar-refractivity contribution in [3.63, 3.8) is 0 Å². The van der Waals surface area contributed by atoms with E-state index >= 15 is 0 Å². The van der Waals surface area contributed by atoms with Gasteiger partial charge in [-0.15, -0.1) is 0 Å². The minimum atomic E-state index is -1.50. The maximum Gasteiger partial charge on any atom is 0.151 e. The molecule has 0 heterocycles. The fraction of sp³-hybridized carbons (Fsp3) is 0.125. The summed E-state index contributed by atoms with van der Waals surface area (Å²) >= 11 is 0. The smallest absolute Gasteiger partial charge is 0.151 e. The van der Waals surface area contributed by atoms with Gasteiger partial charge in [-0.1, -0.05) is 48.2 Å². The van der Waals surface area contributed by atoms with Crippen LogP contribution in [0.1, 0.15) is 18.1 Å². The highest BCUT2D eigenvalue weighted by molar-refractivity contribution is 5.39. The molecule has 0 aliphatic carbocycles. The van der Waals surface area contributed by atoms with E-state index in [9.17, 15) is 9.50 Å². The third-order valence-electron chi connectivity index (χ3n) is 2.62. The lowest BCUT2D eigenvalue weighted by molar-refractivity contribution is 0.117. The second kappa shape index (κ2) is 5.03. The van der Waals surface area contributed by atoms with Crippen molar-refractivity contribution >= 4 is 0 Å². The van der Waals surface area contributed by atoms with Crippen LogP contribution in [0.5, 0.6) is 0 Å². The van der Waals surface area contributed by atoms with E-state index in [0.29, 0.717) is 0 Å². The average molecular weight is 240 g/mol. The maximum absolute atomic E-state index is 13.6. The van der Waals surface area contributed by atoms with Gasteiger partial charge in [0.15, 0.2) is 5.60 Å². The number of hydrogen-bond acceptors (Lipinski definition) is 1. The Morgan fingerprint density at radius 1 is 1.00 bits per heavy atom. The van der Waals surface area contributed by atoms with Crippen molar-refractivity contribution in [1.82, 2.24) is 0 Å². The van der Waals surface area contributed by atoms with Gasteiger partial charge in [-0.3, -0.25) is 0 Å². The fourth-order valence-electron chi connectivity index (χ4n) is 1.64. The Morgan fingerprint density at radius 2 is 1.61 bits per heavy atom. The molecule has 0 spiro atoms. The molecule has 1 nitrogen and oxygen atoms in total. The van der Waals surface area contributed by atoms with Crippen LogP contribution in [0, 0.1) is 17.7 Å². The van der Waals surface area contributed by atoms with Gasteiger partial charge in [0.25, 0.3) is 0 Å². The normalized spacial score (nSPS) is 13.3. The van der Waals surface area contributed by atoms with Crippen molar-refractivity contribution in [2.45, 2.75) is 12.5 Å². The maximum atomic E-state index is 13.6. The van der Waals surface area contributed by atoms with Crippen molar-refractivity contribution in [1.29, 1.82) is 0 Å². The van der Waals surface area contributed by atoms with Gasteiger partial charge in [-0.25, -0.2) is 4.39 Å². The first-order chi connectivity index (χ1) is 8.59. The van der Waals surface area contributed by atoms with Gasteiger partial charge < -0.3 is 5.11 Å². The standard InChI is InChI=1S/C16H13FO/c1-16(18,14-9-5-6-10-15(14)17)12-11-13-7-3-2-4-8-13/h2-10,18H,1H3/t16-/m1/s1. The Kier molecular flexibility index (Phi) is 3.45. The zero-order valence-electron chi connectivity index (χ0n) is 10.0. The lowest BCUT2D eigenvalue weighted by atomic mass is 9.96. The van der Waals surface area contributed by atoms with Crippen molar-refractivity contribution in [2.24, 2.45) is 0 Å². The van der Waals surface area contributed by atoms with Gasteiger partial charge in [0, 0.05) is 11.1 Å². The average Bonchev–Trinajstić information content (AvgIpc) is 2.38. The quantitative estimate of drug-likeness (QED) is 0.759. The van der Waals surface area contributed by atoms with E-state index in [1.165, 1.54) is 19.1 Å². The number of benzene rings is 2. The van der Waals surface area contributed by atoms with E-state index in [1.807, 2.05) is 30.3 Å². The topological polar surface area (TPSA) is 20.2 Å². The molecule has 1 N–H and O–H groups in total. The molecule has 0 saturated heterocycles. The summed E-state index contributed by atoms with van der Waals surface area (Å²) in [4.78, 5) is 0. The third kappa shape index (κ3) is 2.77. The molecule has 0 fully saturated rings. The SMILES string of the molecule is C[C@@](O)(C#Cc1ccccc1)c1ccccc1F. The monoisotopic (exact) mass is 240 g/mol. The first-order valence-corrected chi connectivity index (χ1v) is 5.65. The van der Waals surface area contributed by atoms with Gasteiger partial charge in [0.1, 0.15) is 5.82 Å². The summed E-state index contributed by atoms with van der Waals surface area (Å²) in [5.74, 6) is 5.09. The molecule has 0 saturated carbocycles. The number of aliphatic hydroxyl groups is 1. The largest absolute Gasteiger partial charge is 0.374 e. The summed E-state index contributed by atoms with van der Waals surface area (Å²) in [6.45, 7) is 1.49. The summed E-state index contributed by atoms with van der Waals surface area (Å²) in [7, 11) is 0. The molecule has 0 unspecified atom stereocenters. The van der Waals surface area contributed by atoms with Crippen LogP contribution in [0.3, 0.4) is 0 Å². The molecule has 0 amide bonds. The molecular weight excluding hydrogens is 227 g/mol. The molecule has 0 aliphatic heterocycles. The van der Waals surface area contributed by atoms with Crippen molar-refractivity contribution in [3.05, 3.63) is 71.5 Å². The number of hydrogen-bond donors (Lipinski definition) is 1. The summed E-state index contributed by atoms with van der Waals surface area (Å²) in [5.41, 5.74) is -0.524. The highest BCUT2D eigenvalue weighted by Gasteiger charge is 2.23. The zero-order chi connectivity index (χ0) is 13.0. The molecule has 0 aliphatic rings. The second-order valence-corrected chi connectivity index (χ2v) is 4.17. The summed E-state index contributed by atoms with van der Waals surface area (Å²) in [6, 6.07) is 15.4. The Morgan fingerprint density at radius 3 is 2.28 bits per heavy atom. The molecular formula is C16H13FO. The van der Waals surface area contributed by atoms with Gasteiger partial charge >= 0.3 is 0 Å². The van der Waals surface area contributed by atoms with E-state index in [0.717, 1.165) is 5.56 Å². The highest BCUT2D eigenvalue weighted by Crippen LogP contribution is 2.22. The molecule has 2 rings (SSSR count). The van der Waals surface area contributed by atoms with Crippen LogP contribution in [-0.2, 0) is 5.60 Å². The predicted molar refractivity (Wildman–Crippen MR) is 69.3 cm³/mol. The van der Waals surface area contributed by atoms with Gasteiger partial charge in [-0.2, -0.15) is 0 Å². The molecule has 2 aromatic rings. The first-order valence-electron chi connectivity index (χ1n) is 5.65. The molecule has 18 heavy (non-hydrogen) atoms. The summed E-state index contributed by atoms with van der Waals surface area (Å²) in [6.07, 6.45) is 0. The van der Waals surface area contributed by atoms with Crippen molar-refractivity contribution in [2.75, 3.05) is 0 Å². The lowest BCUT2D eigenvalue weighted by Gasteiger charge is -2.17. The first kappa shape index (κ1) is 12.3. The Hall–Kier alpha value is -2.11. The second-order valence-electron chi connectivity index (χ2n) is 4.17. The number of rotatable bonds is 1. The molecule has 0 aromatic heterocycles. The van der Waals surface area contributed by atoms with Gasteiger partial charge in [0.2, 0.25) is 0 Å². The molecule has 2 aromatic carbocycles. The van der Waals surface area contributed by atoms with E-state index in [1.54, 1.807) is 12.1 Å². The van der Waals surface area contributed by atoms with E-state index in [-0.39, 0.29) is 5.56 Å². The Bertz CT molecular complexity index is 591. The summed E-state index contributed by atoms with van der Waals surface area (Å²) in [5, 5.41) is 10.2. The minimum Gasteiger partial charge on any atom is -0.374 e. The predicted octanol–water partition coefficient (Wildman–Crippen LogP) is 3.08. The van der Waals surface area contributed by atoms with Crippen LogP contribution < -0.4 is 0 Å². The van der Waals surface area contributed by atoms with Crippen LogP contribution in [-0.4, -0.2) is 5.11 Å². The zero-order valence-corrected chi connectivity index (χ0v) is 10.0. The third-order valence-corrected chi connectivity index (χ3v) is 2.62. The van der Waals surface area contributed by atoms with Gasteiger partial charge in [0.05, 0.1) is 0 Å². The van der Waals surface area contributed by atoms with Crippen LogP contribution in [0.2, 0.25) is 0 Å². The highest BCUT2D eigenvalue weighted by atomic mass is 19.1. The van der Waals surface area contributed by atoms with Gasteiger partial charge in [-0.05, 0) is 25.1 Å². The van der Waals surface area contributed by atoms with Crippen molar-refractivity contribution < 1.29 is 9.50 Å².